The molecule has 144 valence electrons. The number of nitrogens with zero attached hydrogens (tertiary/aromatic N) is 2. The largest absolute Gasteiger partial charge is 0.497 e. The van der Waals surface area contributed by atoms with E-state index in [1.165, 1.54) is 0 Å². The van der Waals surface area contributed by atoms with Gasteiger partial charge >= 0.3 is 0 Å². The normalized spacial score (nSPS) is 16.8. The van der Waals surface area contributed by atoms with Crippen molar-refractivity contribution in [2.75, 3.05) is 20.2 Å². The Morgan fingerprint density at radius 1 is 1.37 bits per heavy atom. The quantitative estimate of drug-likeness (QED) is 0.808. The van der Waals surface area contributed by atoms with Crippen molar-refractivity contribution in [2.24, 2.45) is 0 Å². The molecule has 1 aromatic heterocycles. The van der Waals surface area contributed by atoms with E-state index >= 15 is 0 Å². The van der Waals surface area contributed by atoms with Gasteiger partial charge in [0.2, 0.25) is 11.7 Å². The minimum Gasteiger partial charge on any atom is -0.497 e. The third-order valence-corrected chi connectivity index (χ3v) is 4.72. The lowest BCUT2D eigenvalue weighted by atomic mass is 10.1. The number of hydrogen-bond donors (Lipinski definition) is 1. The Labute approximate surface area is 158 Å². The maximum Gasteiger partial charge on any atom is 0.290 e. The second kappa shape index (κ2) is 8.24. The highest BCUT2D eigenvalue weighted by atomic mass is 16.5. The Kier molecular flexibility index (Phi) is 5.78. The average molecular weight is 371 g/mol. The van der Waals surface area contributed by atoms with E-state index in [2.05, 4.69) is 10.5 Å². The van der Waals surface area contributed by atoms with E-state index in [1.54, 1.807) is 18.1 Å². The number of hydrogen-bond acceptors (Lipinski definition) is 5. The highest BCUT2D eigenvalue weighted by molar-refractivity contribution is 5.92. The number of methoxy groups -OCH3 is 1. The van der Waals surface area contributed by atoms with Crippen molar-refractivity contribution in [3.63, 3.8) is 0 Å². The average Bonchev–Trinajstić information content (AvgIpc) is 3.27. The summed E-state index contributed by atoms with van der Waals surface area (Å²) in [5.41, 5.74) is 1.88. The Hall–Kier alpha value is -2.83. The zero-order valence-electron chi connectivity index (χ0n) is 15.9. The third-order valence-electron chi connectivity index (χ3n) is 4.72. The fourth-order valence-electron chi connectivity index (χ4n) is 3.07. The van der Waals surface area contributed by atoms with Crippen molar-refractivity contribution in [3.05, 3.63) is 47.3 Å². The van der Waals surface area contributed by atoms with E-state index < -0.39 is 0 Å². The van der Waals surface area contributed by atoms with Crippen LogP contribution in [-0.4, -0.2) is 48.1 Å². The van der Waals surface area contributed by atoms with Gasteiger partial charge in [0.15, 0.2) is 0 Å². The second-order valence-corrected chi connectivity index (χ2v) is 7.08. The van der Waals surface area contributed by atoms with E-state index in [4.69, 9.17) is 9.26 Å². The number of nitrogens with one attached hydrogen (secondary N) is 1. The SMILES string of the molecule is COc1ccc(CCN2CC(NC(=O)c3cc(C(C)C)no3)CC2=O)cc1. The predicted octanol–water partition coefficient (Wildman–Crippen LogP) is 2.38. The van der Waals surface area contributed by atoms with E-state index in [0.29, 0.717) is 19.5 Å². The fourth-order valence-corrected chi connectivity index (χ4v) is 3.07. The van der Waals surface area contributed by atoms with Crippen LogP contribution in [0.2, 0.25) is 0 Å². The molecule has 1 atom stereocenters. The number of likely N-dealkylation sites (tertiary alicyclic amines) is 1. The molecule has 1 unspecified atom stereocenters. The van der Waals surface area contributed by atoms with E-state index in [0.717, 1.165) is 23.4 Å². The van der Waals surface area contributed by atoms with Crippen molar-refractivity contribution in [1.29, 1.82) is 0 Å². The highest BCUT2D eigenvalue weighted by Gasteiger charge is 2.31. The maximum absolute atomic E-state index is 12.3. The number of amides is 2. The van der Waals surface area contributed by atoms with Crippen molar-refractivity contribution in [3.8, 4) is 5.75 Å². The zero-order valence-corrected chi connectivity index (χ0v) is 15.9. The number of ether oxygens (including phenoxy) is 1. The molecular formula is C20H25N3O4. The van der Waals surface area contributed by atoms with Crippen LogP contribution in [0.15, 0.2) is 34.9 Å². The molecule has 0 radical (unpaired) electrons. The van der Waals surface area contributed by atoms with Gasteiger partial charge in [-0.15, -0.1) is 0 Å². The van der Waals surface area contributed by atoms with Gasteiger partial charge in [-0.25, -0.2) is 0 Å². The summed E-state index contributed by atoms with van der Waals surface area (Å²) in [5.74, 6) is 0.907. The van der Waals surface area contributed by atoms with Crippen LogP contribution in [0.3, 0.4) is 0 Å². The van der Waals surface area contributed by atoms with Crippen LogP contribution < -0.4 is 10.1 Å². The topological polar surface area (TPSA) is 84.7 Å². The standard InChI is InChI=1S/C20H25N3O4/c1-13(2)17-11-18(27-22-17)20(25)21-15-10-19(24)23(12-15)9-8-14-4-6-16(26-3)7-5-14/h4-7,11,13,15H,8-10,12H2,1-3H3,(H,21,25). The van der Waals surface area contributed by atoms with Gasteiger partial charge in [0, 0.05) is 25.6 Å². The van der Waals surface area contributed by atoms with Crippen LogP contribution in [0.1, 0.15) is 48.0 Å². The first-order valence-electron chi connectivity index (χ1n) is 9.14. The number of aromatic nitrogens is 1. The second-order valence-electron chi connectivity index (χ2n) is 7.08. The van der Waals surface area contributed by atoms with Crippen molar-refractivity contribution in [2.45, 2.75) is 38.6 Å². The van der Waals surface area contributed by atoms with E-state index in [9.17, 15) is 9.59 Å². The number of benzene rings is 1. The van der Waals surface area contributed by atoms with Crippen LogP contribution in [0.4, 0.5) is 0 Å². The van der Waals surface area contributed by atoms with Gasteiger partial charge in [0.05, 0.1) is 18.8 Å². The van der Waals surface area contributed by atoms with Gasteiger partial charge in [-0.2, -0.15) is 0 Å². The molecule has 1 fully saturated rings. The van der Waals surface area contributed by atoms with Crippen molar-refractivity contribution < 1.29 is 18.8 Å². The summed E-state index contributed by atoms with van der Waals surface area (Å²) >= 11 is 0. The summed E-state index contributed by atoms with van der Waals surface area (Å²) in [6.07, 6.45) is 1.07. The Bertz CT molecular complexity index is 798. The Morgan fingerprint density at radius 3 is 2.74 bits per heavy atom. The summed E-state index contributed by atoms with van der Waals surface area (Å²) in [6.45, 7) is 5.09. The van der Waals surface area contributed by atoms with Gasteiger partial charge in [0.1, 0.15) is 5.75 Å². The lowest BCUT2D eigenvalue weighted by Crippen LogP contribution is -2.37. The Balaban J connectivity index is 1.51. The molecule has 1 saturated heterocycles. The molecule has 3 rings (SSSR count). The first-order valence-corrected chi connectivity index (χ1v) is 9.14. The lowest BCUT2D eigenvalue weighted by molar-refractivity contribution is -0.127. The molecule has 0 spiro atoms. The van der Waals surface area contributed by atoms with Gasteiger partial charge in [-0.1, -0.05) is 31.1 Å². The maximum atomic E-state index is 12.3. The molecule has 0 bridgehead atoms. The monoisotopic (exact) mass is 371 g/mol. The van der Waals surface area contributed by atoms with Crippen molar-refractivity contribution in [1.82, 2.24) is 15.4 Å². The Morgan fingerprint density at radius 2 is 2.11 bits per heavy atom. The first-order chi connectivity index (χ1) is 13.0. The molecule has 27 heavy (non-hydrogen) atoms. The summed E-state index contributed by atoms with van der Waals surface area (Å²) in [6, 6.07) is 9.25. The van der Waals surface area contributed by atoms with Crippen LogP contribution in [-0.2, 0) is 11.2 Å². The van der Waals surface area contributed by atoms with Gasteiger partial charge in [-0.3, -0.25) is 9.59 Å². The lowest BCUT2D eigenvalue weighted by Gasteiger charge is -2.17. The molecule has 1 aromatic carbocycles. The molecule has 2 heterocycles. The smallest absolute Gasteiger partial charge is 0.290 e. The molecule has 2 aromatic rings. The molecule has 1 N–H and O–H groups in total. The minimum absolute atomic E-state index is 0.0502. The van der Waals surface area contributed by atoms with Gasteiger partial charge in [0.25, 0.3) is 5.91 Å². The molecule has 2 amide bonds. The first kappa shape index (κ1) is 18.9. The van der Waals surface area contributed by atoms with E-state index in [-0.39, 0.29) is 29.5 Å². The zero-order chi connectivity index (χ0) is 19.4. The molecule has 7 heteroatoms. The minimum atomic E-state index is -0.329. The molecule has 0 aliphatic carbocycles. The molecule has 1 aliphatic heterocycles. The summed E-state index contributed by atoms with van der Waals surface area (Å²) in [4.78, 5) is 26.3. The number of carbonyl (C=O) groups is 2. The highest BCUT2D eigenvalue weighted by Crippen LogP contribution is 2.17. The molecule has 1 aliphatic rings. The predicted molar refractivity (Wildman–Crippen MR) is 99.7 cm³/mol. The molecule has 7 nitrogen and oxygen atoms in total. The van der Waals surface area contributed by atoms with Crippen LogP contribution in [0.25, 0.3) is 0 Å². The molecule has 0 saturated carbocycles. The van der Waals surface area contributed by atoms with Crippen LogP contribution >= 0.6 is 0 Å². The summed E-state index contributed by atoms with van der Waals surface area (Å²) in [7, 11) is 1.63. The summed E-state index contributed by atoms with van der Waals surface area (Å²) in [5, 5.41) is 6.76. The van der Waals surface area contributed by atoms with E-state index in [1.807, 2.05) is 38.1 Å². The number of carbonyl (C=O) groups excluding carboxylic acids is 2. The molecular weight excluding hydrogens is 346 g/mol. The summed E-state index contributed by atoms with van der Waals surface area (Å²) < 4.78 is 10.3. The van der Waals surface area contributed by atoms with Crippen LogP contribution in [0, 0.1) is 0 Å². The van der Waals surface area contributed by atoms with Crippen molar-refractivity contribution >= 4 is 11.8 Å². The fraction of sp³-hybridized carbons (Fsp3) is 0.450. The third kappa shape index (κ3) is 4.67. The number of rotatable bonds is 7. The van der Waals surface area contributed by atoms with Gasteiger partial charge in [-0.05, 0) is 30.0 Å². The van der Waals surface area contributed by atoms with Crippen LogP contribution in [0.5, 0.6) is 5.75 Å². The van der Waals surface area contributed by atoms with Gasteiger partial charge < -0.3 is 19.5 Å².